The van der Waals surface area contributed by atoms with Gasteiger partial charge in [0, 0.05) is 123 Å². The summed E-state index contributed by atoms with van der Waals surface area (Å²) in [6.45, 7) is 70.7. The predicted molar refractivity (Wildman–Crippen MR) is 467 cm³/mol. The van der Waals surface area contributed by atoms with Crippen molar-refractivity contribution in [3.8, 4) is 59.2 Å². The van der Waals surface area contributed by atoms with E-state index < -0.39 is 0 Å². The van der Waals surface area contributed by atoms with Crippen LogP contribution in [0.15, 0.2) is 31.0 Å². The number of aromatic nitrogens is 15. The third kappa shape index (κ3) is 67.2. The summed E-state index contributed by atoms with van der Waals surface area (Å²) in [7, 11) is 0. The van der Waals surface area contributed by atoms with Gasteiger partial charge in [-0.25, -0.2) is 0 Å². The second kappa shape index (κ2) is 51.3. The molecule has 0 aliphatic rings. The third-order valence-corrected chi connectivity index (χ3v) is 16.0. The highest BCUT2D eigenvalue weighted by atomic mass is 15.4. The normalized spacial score (nSPS) is 12.1. The van der Waals surface area contributed by atoms with Crippen molar-refractivity contribution in [1.82, 2.24) is 75.0 Å². The zero-order valence-electron chi connectivity index (χ0n) is 76.8. The molecule has 0 unspecified atom stereocenters. The molecule has 0 N–H and O–H groups in total. The van der Waals surface area contributed by atoms with E-state index in [9.17, 15) is 0 Å². The van der Waals surface area contributed by atoms with Crippen molar-refractivity contribution in [3.63, 3.8) is 0 Å². The quantitative estimate of drug-likeness (QED) is 0.0283. The first-order valence-corrected chi connectivity index (χ1v) is 42.7. The van der Waals surface area contributed by atoms with Crippen LogP contribution in [0.2, 0.25) is 0 Å². The molecule has 620 valence electrons. The lowest BCUT2D eigenvalue weighted by Gasteiger charge is -2.15. The molecular weight excluding hydrogens is 1350 g/mol. The number of unbranched alkanes of at least 4 members (excludes halogenated alkanes) is 20. The smallest absolute Gasteiger partial charge is 0.0832 e. The van der Waals surface area contributed by atoms with Crippen LogP contribution < -0.4 is 0 Å². The molecule has 0 radical (unpaired) electrons. The second-order valence-corrected chi connectivity index (χ2v) is 42.1. The number of hydrogen-bond donors (Lipinski definition) is 0. The first-order chi connectivity index (χ1) is 50.8. The number of hydrogen-bond acceptors (Lipinski definition) is 10. The Morgan fingerprint density at radius 3 is 0.500 bits per heavy atom. The Morgan fingerprint density at radius 2 is 0.336 bits per heavy atom. The Hall–Kier alpha value is -6.50. The van der Waals surface area contributed by atoms with Gasteiger partial charge in [0.1, 0.15) is 0 Å². The largest absolute Gasteiger partial charge is 0.252 e. The van der Waals surface area contributed by atoms with E-state index in [2.05, 4.69) is 349 Å². The molecule has 0 fully saturated rings. The average Bonchev–Trinajstić information content (AvgIpc) is 1.78. The minimum atomic E-state index is 0.119. The summed E-state index contributed by atoms with van der Waals surface area (Å²) in [5, 5.41) is 42.4. The van der Waals surface area contributed by atoms with Gasteiger partial charge in [0.15, 0.2) is 0 Å². The van der Waals surface area contributed by atoms with Gasteiger partial charge in [-0.1, -0.05) is 224 Å². The molecule has 5 aromatic rings. The molecule has 0 saturated heterocycles. The molecule has 0 amide bonds. The molecule has 5 aromatic heterocycles. The van der Waals surface area contributed by atoms with Gasteiger partial charge in [-0.2, -0.15) is 0 Å². The summed E-state index contributed by atoms with van der Waals surface area (Å²) in [6, 6.07) is 0. The minimum absolute atomic E-state index is 0.119. The van der Waals surface area contributed by atoms with Gasteiger partial charge < -0.3 is 0 Å². The van der Waals surface area contributed by atoms with Crippen molar-refractivity contribution in [2.45, 2.75) is 433 Å². The summed E-state index contributed by atoms with van der Waals surface area (Å²) >= 11 is 0. The highest BCUT2D eigenvalue weighted by Gasteiger charge is 2.19. The Kier molecular flexibility index (Phi) is 47.3. The SMILES string of the molecule is CC(C)(C)C#CCCCCCCCCn1cc(CC(C)(C)C)nn1.CC(C)(C)C#CCCCCCCCn1cc(CC(C)(C)C)nn1.CC(C)(C)C#CCCCCCCn1cc(CC(C)(C)C)nn1.CC(C)(C)C#CCCCCCn1cc(CC(C)(C)C)nn1.CC(C)(C)C#CCCCCn1cc(CC(C)(C)C)nn1. The molecule has 15 nitrogen and oxygen atoms in total. The van der Waals surface area contributed by atoms with E-state index >= 15 is 0 Å². The van der Waals surface area contributed by atoms with Crippen LogP contribution in [0.5, 0.6) is 0 Å². The fraction of sp³-hybridized carbons (Fsp3) is 0.789. The standard InChI is InChI=1S/C21H37N3.C20H35N3.C19H33N3.C18H31N3.C17H29N3/c1-20(2,3)15-13-11-9-7-8-10-12-14-16-24-18-19(22-23-24)17-21(4,5)6;1-19(2,3)14-12-10-8-7-9-11-13-15-23-17-18(21-22-23)16-20(4,5)6;1-18(2,3)13-11-9-7-8-10-12-14-22-16-17(20-21-22)15-19(4,5)6;1-17(2,3)12-10-8-7-9-11-13-21-15-16(19-20-21)14-18(4,5)6;1-16(2,3)11-9-7-8-10-12-20-14-15(18-19-20)13-17(4,5)6/h18H,7-12,14,16-17H2,1-6H3;17H,7-11,13,15-16H2,1-6H3;16H,7-10,12,14-15H2,1-6H3;15H,7-9,11,13-14H2,1-6H3;14H,7-8,10,12-13H2,1-6H3. The molecule has 0 atom stereocenters. The summed E-state index contributed by atoms with van der Waals surface area (Å²) in [5.41, 5.74) is 7.54. The van der Waals surface area contributed by atoms with Crippen LogP contribution in [0.1, 0.15) is 397 Å². The maximum atomic E-state index is 4.28. The third-order valence-electron chi connectivity index (χ3n) is 16.0. The molecule has 0 aliphatic heterocycles. The van der Waals surface area contributed by atoms with E-state index in [1.807, 2.05) is 23.4 Å². The Bertz CT molecular complexity index is 3540. The highest BCUT2D eigenvalue weighted by molar-refractivity contribution is 5.10. The molecule has 0 spiro atoms. The van der Waals surface area contributed by atoms with Crippen LogP contribution in [-0.2, 0) is 64.8 Å². The Labute approximate surface area is 677 Å². The molecular formula is C95H165N15. The summed E-state index contributed by atoms with van der Waals surface area (Å²) in [5.74, 6) is 32.8. The Balaban J connectivity index is 0.000000688. The van der Waals surface area contributed by atoms with Crippen molar-refractivity contribution in [3.05, 3.63) is 59.5 Å². The van der Waals surface area contributed by atoms with Gasteiger partial charge in [0.25, 0.3) is 0 Å². The van der Waals surface area contributed by atoms with E-state index in [1.54, 1.807) is 0 Å². The van der Waals surface area contributed by atoms with Crippen LogP contribution in [-0.4, -0.2) is 75.0 Å². The molecule has 110 heavy (non-hydrogen) atoms. The van der Waals surface area contributed by atoms with Crippen LogP contribution in [0.3, 0.4) is 0 Å². The molecule has 0 aliphatic carbocycles. The monoisotopic (exact) mass is 1520 g/mol. The van der Waals surface area contributed by atoms with Crippen molar-refractivity contribution >= 4 is 0 Å². The second-order valence-electron chi connectivity index (χ2n) is 42.1. The van der Waals surface area contributed by atoms with Gasteiger partial charge in [-0.05, 0) is 227 Å². The zero-order chi connectivity index (χ0) is 83.2. The van der Waals surface area contributed by atoms with Crippen LogP contribution >= 0.6 is 0 Å². The zero-order valence-corrected chi connectivity index (χ0v) is 76.8. The van der Waals surface area contributed by atoms with Gasteiger partial charge in [-0.3, -0.25) is 23.4 Å². The van der Waals surface area contributed by atoms with Crippen LogP contribution in [0, 0.1) is 113 Å². The van der Waals surface area contributed by atoms with E-state index in [-0.39, 0.29) is 54.1 Å². The number of aryl methyl sites for hydroxylation is 5. The van der Waals surface area contributed by atoms with E-state index in [4.69, 9.17) is 0 Å². The van der Waals surface area contributed by atoms with E-state index in [0.29, 0.717) is 0 Å². The van der Waals surface area contributed by atoms with Crippen molar-refractivity contribution < 1.29 is 0 Å². The maximum Gasteiger partial charge on any atom is 0.0832 e. The lowest BCUT2D eigenvalue weighted by atomic mass is 9.91. The first kappa shape index (κ1) is 102. The molecule has 0 bridgehead atoms. The number of rotatable bonds is 35. The average molecular weight is 1520 g/mol. The molecule has 15 heteroatoms. The van der Waals surface area contributed by atoms with Gasteiger partial charge >= 0.3 is 0 Å². The molecule has 0 saturated carbocycles. The van der Waals surface area contributed by atoms with E-state index in [1.165, 1.54) is 109 Å². The predicted octanol–water partition coefficient (Wildman–Crippen LogP) is 24.3. The Morgan fingerprint density at radius 1 is 0.200 bits per heavy atom. The lowest BCUT2D eigenvalue weighted by Crippen LogP contribution is -2.09. The fourth-order valence-corrected chi connectivity index (χ4v) is 11.2. The fourth-order valence-electron chi connectivity index (χ4n) is 11.2. The molecule has 0 aromatic carbocycles. The first-order valence-electron chi connectivity index (χ1n) is 42.7. The van der Waals surface area contributed by atoms with Gasteiger partial charge in [0.05, 0.1) is 28.5 Å². The minimum Gasteiger partial charge on any atom is -0.252 e. The van der Waals surface area contributed by atoms with Gasteiger partial charge in [0.2, 0.25) is 0 Å². The topological polar surface area (TPSA) is 154 Å². The lowest BCUT2D eigenvalue weighted by molar-refractivity contribution is 0.405. The van der Waals surface area contributed by atoms with Crippen LogP contribution in [0.25, 0.3) is 0 Å². The summed E-state index contributed by atoms with van der Waals surface area (Å²) in [4.78, 5) is 0. The molecule has 5 heterocycles. The van der Waals surface area contributed by atoms with E-state index in [0.717, 1.165) is 145 Å². The maximum absolute atomic E-state index is 4.28. The highest BCUT2D eigenvalue weighted by Crippen LogP contribution is 2.24. The van der Waals surface area contributed by atoms with Crippen molar-refractivity contribution in [2.24, 2.45) is 54.1 Å². The molecule has 5 rings (SSSR count). The van der Waals surface area contributed by atoms with Crippen LogP contribution in [0.4, 0.5) is 0 Å². The summed E-state index contributed by atoms with van der Waals surface area (Å²) < 4.78 is 9.92. The van der Waals surface area contributed by atoms with Gasteiger partial charge in [-0.15, -0.1) is 55.1 Å². The van der Waals surface area contributed by atoms with Crippen molar-refractivity contribution in [1.29, 1.82) is 0 Å². The van der Waals surface area contributed by atoms with Crippen molar-refractivity contribution in [2.75, 3.05) is 0 Å². The number of nitrogens with zero attached hydrogens (tertiary/aromatic N) is 15. The summed E-state index contributed by atoms with van der Waals surface area (Å²) in [6.07, 6.45) is 45.0.